The Labute approximate surface area is 186 Å². The third-order valence-corrected chi connectivity index (χ3v) is 8.04. The second-order valence-electron chi connectivity index (χ2n) is 9.98. The molecule has 0 aromatic heterocycles. The largest absolute Gasteiger partial charge is 0.388 e. The van der Waals surface area contributed by atoms with Gasteiger partial charge >= 0.3 is 0 Å². The Balaban J connectivity index is 1.53. The second kappa shape index (κ2) is 11.1. The summed E-state index contributed by atoms with van der Waals surface area (Å²) in [5, 5.41) is 10.2. The van der Waals surface area contributed by atoms with Crippen molar-refractivity contribution < 1.29 is 14.3 Å². The number of hydrogen-bond donors (Lipinski definition) is 1. The topological polar surface area (TPSA) is 37.3 Å². The Kier molecular flexibility index (Phi) is 8.77. The van der Waals surface area contributed by atoms with Gasteiger partial charge in [-0.1, -0.05) is 50.3 Å². The van der Waals surface area contributed by atoms with Crippen LogP contribution in [0.5, 0.6) is 0 Å². The van der Waals surface area contributed by atoms with Crippen LogP contribution in [0.2, 0.25) is 0 Å². The Morgan fingerprint density at radius 2 is 1.77 bits per heavy atom. The van der Waals surface area contributed by atoms with E-state index in [0.29, 0.717) is 24.0 Å². The quantitative estimate of drug-likeness (QED) is 0.368. The van der Waals surface area contributed by atoms with Crippen molar-refractivity contribution in [3.63, 3.8) is 0 Å². The van der Waals surface area contributed by atoms with Gasteiger partial charge in [-0.3, -0.25) is 4.79 Å². The summed E-state index contributed by atoms with van der Waals surface area (Å²) in [6, 6.07) is 0. The van der Waals surface area contributed by atoms with Crippen molar-refractivity contribution in [2.75, 3.05) is 0 Å². The molecule has 1 N–H and O–H groups in total. The van der Waals surface area contributed by atoms with Crippen molar-refractivity contribution in [2.45, 2.75) is 82.9 Å². The normalized spacial score (nSPS) is 36.9. The second-order valence-corrected chi connectivity index (χ2v) is 10.5. The van der Waals surface area contributed by atoms with E-state index in [4.69, 9.17) is 11.6 Å². The SMILES string of the molecule is CC(C)[C@@H](/C=C/C(O)C1C=CC=CC1)C(=O)C1CCC(C2CCC(F)C(Cl)C2)CC1. The van der Waals surface area contributed by atoms with E-state index in [2.05, 4.69) is 19.9 Å². The summed E-state index contributed by atoms with van der Waals surface area (Å²) in [7, 11) is 0. The van der Waals surface area contributed by atoms with Crippen molar-refractivity contribution in [1.29, 1.82) is 0 Å². The van der Waals surface area contributed by atoms with Crippen molar-refractivity contribution in [3.05, 3.63) is 36.5 Å². The van der Waals surface area contributed by atoms with E-state index in [1.807, 2.05) is 30.4 Å². The summed E-state index contributed by atoms with van der Waals surface area (Å²) in [5.41, 5.74) is 0. The highest BCUT2D eigenvalue weighted by Crippen LogP contribution is 2.42. The lowest BCUT2D eigenvalue weighted by Gasteiger charge is -2.38. The molecule has 168 valence electrons. The van der Waals surface area contributed by atoms with E-state index in [-0.39, 0.29) is 29.0 Å². The number of alkyl halides is 2. The van der Waals surface area contributed by atoms with Crippen LogP contribution in [-0.4, -0.2) is 28.5 Å². The van der Waals surface area contributed by atoms with E-state index >= 15 is 0 Å². The van der Waals surface area contributed by atoms with Crippen molar-refractivity contribution in [1.82, 2.24) is 0 Å². The lowest BCUT2D eigenvalue weighted by atomic mass is 9.68. The van der Waals surface area contributed by atoms with Gasteiger partial charge in [-0.15, -0.1) is 11.6 Å². The summed E-state index contributed by atoms with van der Waals surface area (Å²) in [4.78, 5) is 13.3. The van der Waals surface area contributed by atoms with Gasteiger partial charge in [0.15, 0.2) is 0 Å². The molecule has 0 heterocycles. The van der Waals surface area contributed by atoms with Crippen LogP contribution in [0.25, 0.3) is 0 Å². The molecule has 0 radical (unpaired) electrons. The molecule has 0 bridgehead atoms. The van der Waals surface area contributed by atoms with Gasteiger partial charge in [0.1, 0.15) is 12.0 Å². The maximum atomic E-state index is 13.7. The smallest absolute Gasteiger partial charge is 0.143 e. The lowest BCUT2D eigenvalue weighted by Crippen LogP contribution is -2.34. The highest BCUT2D eigenvalue weighted by atomic mass is 35.5. The number of aliphatic hydroxyl groups is 1. The molecule has 30 heavy (non-hydrogen) atoms. The third kappa shape index (κ3) is 6.07. The molecule has 0 spiro atoms. The van der Waals surface area contributed by atoms with E-state index in [9.17, 15) is 14.3 Å². The maximum Gasteiger partial charge on any atom is 0.143 e. The van der Waals surface area contributed by atoms with Gasteiger partial charge in [0.25, 0.3) is 0 Å². The van der Waals surface area contributed by atoms with Crippen LogP contribution in [0, 0.1) is 35.5 Å². The molecule has 3 aliphatic carbocycles. The van der Waals surface area contributed by atoms with Crippen LogP contribution in [-0.2, 0) is 4.79 Å². The van der Waals surface area contributed by atoms with Gasteiger partial charge < -0.3 is 5.11 Å². The highest BCUT2D eigenvalue weighted by molar-refractivity contribution is 6.21. The first-order valence-electron chi connectivity index (χ1n) is 11.9. The minimum atomic E-state index is -0.852. The fourth-order valence-electron chi connectivity index (χ4n) is 5.56. The molecular weight excluding hydrogens is 399 g/mol. The molecule has 5 unspecified atom stereocenters. The van der Waals surface area contributed by atoms with Crippen LogP contribution < -0.4 is 0 Å². The standard InChI is InChI=1S/C26H38ClFO2/c1-17(2)22(13-15-25(29)19-6-4-3-5-7-19)26(30)20-10-8-18(9-11-20)21-12-14-24(28)23(27)16-21/h3-6,13,15,17-25,29H,7-12,14,16H2,1-2H3/b15-13+/t18?,19?,20?,21?,22-,23?,24?,25?/m1/s1. The van der Waals surface area contributed by atoms with E-state index < -0.39 is 12.3 Å². The van der Waals surface area contributed by atoms with E-state index in [1.54, 1.807) is 0 Å². The molecular formula is C26H38ClFO2. The number of carbonyl (C=O) groups is 1. The Hall–Kier alpha value is -0.930. The first-order valence-corrected chi connectivity index (χ1v) is 12.3. The van der Waals surface area contributed by atoms with Crippen molar-refractivity contribution in [3.8, 4) is 0 Å². The lowest BCUT2D eigenvalue weighted by molar-refractivity contribution is -0.128. The van der Waals surface area contributed by atoms with Gasteiger partial charge in [-0.25, -0.2) is 4.39 Å². The third-order valence-electron chi connectivity index (χ3n) is 7.59. The molecule has 0 aromatic rings. The monoisotopic (exact) mass is 436 g/mol. The summed E-state index contributed by atoms with van der Waals surface area (Å²) in [6.45, 7) is 4.17. The molecule has 3 rings (SSSR count). The van der Waals surface area contributed by atoms with Crippen LogP contribution >= 0.6 is 11.6 Å². The van der Waals surface area contributed by atoms with Gasteiger partial charge in [0, 0.05) is 17.8 Å². The Morgan fingerprint density at radius 3 is 2.37 bits per heavy atom. The van der Waals surface area contributed by atoms with E-state index in [0.717, 1.165) is 44.9 Å². The number of halogens is 2. The minimum absolute atomic E-state index is 0.0924. The molecule has 0 amide bonds. The van der Waals surface area contributed by atoms with Crippen LogP contribution in [0.4, 0.5) is 4.39 Å². The van der Waals surface area contributed by atoms with Gasteiger partial charge in [0.2, 0.25) is 0 Å². The molecule has 0 saturated heterocycles. The predicted molar refractivity (Wildman–Crippen MR) is 122 cm³/mol. The molecule has 6 atom stereocenters. The fourth-order valence-corrected chi connectivity index (χ4v) is 5.91. The van der Waals surface area contributed by atoms with Crippen LogP contribution in [0.3, 0.4) is 0 Å². The summed E-state index contributed by atoms with van der Waals surface area (Å²) < 4.78 is 13.7. The Bertz CT molecular complexity index is 647. The average molecular weight is 437 g/mol. The molecule has 2 saturated carbocycles. The number of Topliss-reactive ketones (excluding diaryl/α,β-unsaturated/α-hetero) is 1. The van der Waals surface area contributed by atoms with Crippen LogP contribution in [0.15, 0.2) is 36.5 Å². The number of hydrogen-bond acceptors (Lipinski definition) is 2. The summed E-state index contributed by atoms with van der Waals surface area (Å²) in [5.74, 6) is 1.71. The minimum Gasteiger partial charge on any atom is -0.388 e. The van der Waals surface area contributed by atoms with Gasteiger partial charge in [-0.05, 0) is 69.1 Å². The zero-order chi connectivity index (χ0) is 21.7. The average Bonchev–Trinajstić information content (AvgIpc) is 2.76. The highest BCUT2D eigenvalue weighted by Gasteiger charge is 2.37. The van der Waals surface area contributed by atoms with Gasteiger partial charge in [0.05, 0.1) is 11.5 Å². The fraction of sp³-hybridized carbons (Fsp3) is 0.731. The van der Waals surface area contributed by atoms with Crippen molar-refractivity contribution >= 4 is 17.4 Å². The Morgan fingerprint density at radius 1 is 1.07 bits per heavy atom. The van der Waals surface area contributed by atoms with Gasteiger partial charge in [-0.2, -0.15) is 0 Å². The maximum absolute atomic E-state index is 13.7. The van der Waals surface area contributed by atoms with E-state index in [1.165, 1.54) is 0 Å². The number of ketones is 1. The zero-order valence-electron chi connectivity index (χ0n) is 18.4. The molecule has 3 aliphatic rings. The molecule has 2 nitrogen and oxygen atoms in total. The van der Waals surface area contributed by atoms with Crippen molar-refractivity contribution in [2.24, 2.45) is 35.5 Å². The summed E-state index contributed by atoms with van der Waals surface area (Å²) in [6.07, 6.45) is 17.6. The number of allylic oxidation sites excluding steroid dienone is 4. The molecule has 2 fully saturated rings. The number of rotatable bonds is 7. The summed E-state index contributed by atoms with van der Waals surface area (Å²) >= 11 is 6.19. The van der Waals surface area contributed by atoms with Crippen LogP contribution in [0.1, 0.15) is 65.2 Å². The molecule has 0 aromatic carbocycles. The molecule has 0 aliphatic heterocycles. The first kappa shape index (κ1) is 23.7. The molecule has 4 heteroatoms. The predicted octanol–water partition coefficient (Wildman–Crippen LogP) is 6.43. The first-order chi connectivity index (χ1) is 14.4. The zero-order valence-corrected chi connectivity index (χ0v) is 19.2. The number of carbonyl (C=O) groups excluding carboxylic acids is 1. The number of aliphatic hydroxyl groups excluding tert-OH is 1.